The molecule has 4 aromatic rings. The first-order valence-electron chi connectivity index (χ1n) is 13.6. The second-order valence-corrected chi connectivity index (χ2v) is 10.5. The molecule has 2 aliphatic rings. The van der Waals surface area contributed by atoms with Crippen molar-refractivity contribution in [3.8, 4) is 23.0 Å². The second-order valence-electron chi connectivity index (χ2n) is 10.5. The summed E-state index contributed by atoms with van der Waals surface area (Å²) in [7, 11) is 0. The SMILES string of the molecule is CC(C)(c1ccc(N2C(=O)C=CC2=O)cc1Oc1ccccc1)c1ccc(N2C(=O)C=CC2=O)cc1Oc1ccccc1. The highest BCUT2D eigenvalue weighted by Crippen LogP contribution is 2.46. The van der Waals surface area contributed by atoms with Crippen LogP contribution in [0.25, 0.3) is 0 Å². The lowest BCUT2D eigenvalue weighted by Gasteiger charge is -2.31. The van der Waals surface area contributed by atoms with Crippen molar-refractivity contribution in [3.05, 3.63) is 132 Å². The molecule has 0 aromatic heterocycles. The molecule has 8 heteroatoms. The van der Waals surface area contributed by atoms with Crippen LogP contribution in [-0.4, -0.2) is 23.6 Å². The zero-order valence-corrected chi connectivity index (χ0v) is 23.4. The van der Waals surface area contributed by atoms with Crippen molar-refractivity contribution in [2.45, 2.75) is 19.3 Å². The van der Waals surface area contributed by atoms with Gasteiger partial charge >= 0.3 is 0 Å². The van der Waals surface area contributed by atoms with Crippen molar-refractivity contribution in [2.75, 3.05) is 9.80 Å². The first kappa shape index (κ1) is 27.4. The molecule has 0 fully saturated rings. The number of amides is 4. The molecular formula is C35H26N2O6. The fraction of sp³-hybridized carbons (Fsp3) is 0.0857. The number of carbonyl (C=O) groups is 4. The number of rotatable bonds is 8. The Morgan fingerprint density at radius 3 is 1.19 bits per heavy atom. The summed E-state index contributed by atoms with van der Waals surface area (Å²) < 4.78 is 12.7. The first-order valence-corrected chi connectivity index (χ1v) is 13.6. The molecule has 6 rings (SSSR count). The lowest BCUT2D eigenvalue weighted by Crippen LogP contribution is -2.30. The Labute approximate surface area is 248 Å². The maximum Gasteiger partial charge on any atom is 0.258 e. The average molecular weight is 571 g/mol. The van der Waals surface area contributed by atoms with E-state index < -0.39 is 29.0 Å². The van der Waals surface area contributed by atoms with Crippen LogP contribution in [0.4, 0.5) is 11.4 Å². The molecule has 2 aliphatic heterocycles. The van der Waals surface area contributed by atoms with Crippen LogP contribution in [0.15, 0.2) is 121 Å². The normalized spacial score (nSPS) is 14.7. The van der Waals surface area contributed by atoms with Crippen LogP contribution >= 0.6 is 0 Å². The minimum absolute atomic E-state index is 0.375. The minimum Gasteiger partial charge on any atom is -0.457 e. The zero-order chi connectivity index (χ0) is 30.1. The number of carbonyl (C=O) groups excluding carboxylic acids is 4. The van der Waals surface area contributed by atoms with E-state index in [1.54, 1.807) is 24.3 Å². The van der Waals surface area contributed by atoms with Gasteiger partial charge in [0.15, 0.2) is 0 Å². The van der Waals surface area contributed by atoms with Gasteiger partial charge < -0.3 is 9.47 Å². The van der Waals surface area contributed by atoms with Crippen molar-refractivity contribution >= 4 is 35.0 Å². The van der Waals surface area contributed by atoms with Gasteiger partial charge in [-0.25, -0.2) is 9.80 Å². The van der Waals surface area contributed by atoms with Gasteiger partial charge in [0.25, 0.3) is 23.6 Å². The van der Waals surface area contributed by atoms with Gasteiger partial charge in [0.1, 0.15) is 23.0 Å². The van der Waals surface area contributed by atoms with E-state index in [9.17, 15) is 19.2 Å². The molecule has 0 N–H and O–H groups in total. The van der Waals surface area contributed by atoms with Crippen molar-refractivity contribution in [3.63, 3.8) is 0 Å². The molecule has 8 nitrogen and oxygen atoms in total. The molecule has 0 unspecified atom stereocenters. The predicted molar refractivity (Wildman–Crippen MR) is 161 cm³/mol. The molecule has 43 heavy (non-hydrogen) atoms. The van der Waals surface area contributed by atoms with Crippen molar-refractivity contribution in [2.24, 2.45) is 0 Å². The third kappa shape index (κ3) is 5.22. The Morgan fingerprint density at radius 2 is 0.837 bits per heavy atom. The summed E-state index contributed by atoms with van der Waals surface area (Å²) >= 11 is 0. The molecule has 0 radical (unpaired) electrons. The Kier molecular flexibility index (Phi) is 6.95. The van der Waals surface area contributed by atoms with E-state index in [0.29, 0.717) is 34.4 Å². The molecule has 0 atom stereocenters. The Bertz CT molecular complexity index is 1660. The van der Waals surface area contributed by atoms with Gasteiger partial charge in [-0.15, -0.1) is 0 Å². The monoisotopic (exact) mass is 570 g/mol. The number of imide groups is 2. The van der Waals surface area contributed by atoms with Gasteiger partial charge in [-0.2, -0.15) is 0 Å². The summed E-state index contributed by atoms with van der Waals surface area (Å²) in [6.07, 6.45) is 4.94. The van der Waals surface area contributed by atoms with Gasteiger partial charge in [0.2, 0.25) is 0 Å². The highest BCUT2D eigenvalue weighted by Gasteiger charge is 2.34. The summed E-state index contributed by atoms with van der Waals surface area (Å²) in [5.74, 6) is 0.284. The van der Waals surface area contributed by atoms with Gasteiger partial charge in [-0.05, 0) is 36.4 Å². The predicted octanol–water partition coefficient (Wildman–Crippen LogP) is 6.46. The maximum atomic E-state index is 12.5. The molecule has 0 saturated heterocycles. The lowest BCUT2D eigenvalue weighted by molar-refractivity contribution is -0.121. The summed E-state index contributed by atoms with van der Waals surface area (Å²) in [5, 5.41) is 0. The number of benzene rings is 4. The van der Waals surface area contributed by atoms with Crippen molar-refractivity contribution in [1.82, 2.24) is 0 Å². The van der Waals surface area contributed by atoms with Crippen LogP contribution in [0, 0.1) is 0 Å². The minimum atomic E-state index is -0.778. The fourth-order valence-electron chi connectivity index (χ4n) is 5.19. The molecule has 0 saturated carbocycles. The highest BCUT2D eigenvalue weighted by atomic mass is 16.5. The molecular weight excluding hydrogens is 544 g/mol. The maximum absolute atomic E-state index is 12.5. The molecule has 212 valence electrons. The van der Waals surface area contributed by atoms with Crippen LogP contribution in [0.5, 0.6) is 23.0 Å². The largest absolute Gasteiger partial charge is 0.457 e. The Morgan fingerprint density at radius 1 is 0.488 bits per heavy atom. The third-order valence-corrected chi connectivity index (χ3v) is 7.35. The van der Waals surface area contributed by atoms with Gasteiger partial charge in [0.05, 0.1) is 11.4 Å². The lowest BCUT2D eigenvalue weighted by atomic mass is 9.77. The van der Waals surface area contributed by atoms with Crippen LogP contribution in [-0.2, 0) is 24.6 Å². The fourth-order valence-corrected chi connectivity index (χ4v) is 5.19. The summed E-state index contributed by atoms with van der Waals surface area (Å²) in [4.78, 5) is 52.0. The van der Waals surface area contributed by atoms with Gasteiger partial charge in [0, 0.05) is 53.0 Å². The van der Waals surface area contributed by atoms with Gasteiger partial charge in [-0.1, -0.05) is 62.4 Å². The van der Waals surface area contributed by atoms with Crippen LogP contribution in [0.2, 0.25) is 0 Å². The quantitative estimate of drug-likeness (QED) is 0.226. The smallest absolute Gasteiger partial charge is 0.258 e. The standard InChI is InChI=1S/C35H26N2O6/c1-35(2,27-15-13-23(36-31(38)17-18-32(36)39)21-29(27)42-25-9-5-3-6-10-25)28-16-14-24(37-33(40)19-20-34(37)41)22-30(28)43-26-11-7-4-8-12-26/h3-22H,1-2H3. The molecule has 4 aromatic carbocycles. The average Bonchev–Trinajstić information content (AvgIpc) is 3.52. The van der Waals surface area contributed by atoms with E-state index in [2.05, 4.69) is 0 Å². The van der Waals surface area contributed by atoms with E-state index in [0.717, 1.165) is 20.9 Å². The number of nitrogens with zero attached hydrogens (tertiary/aromatic N) is 2. The van der Waals surface area contributed by atoms with Crippen LogP contribution in [0.1, 0.15) is 25.0 Å². The van der Waals surface area contributed by atoms with Gasteiger partial charge in [-0.3, -0.25) is 19.2 Å². The number of para-hydroxylation sites is 2. The molecule has 0 bridgehead atoms. The van der Waals surface area contributed by atoms with E-state index in [1.165, 1.54) is 24.3 Å². The molecule has 2 heterocycles. The summed E-state index contributed by atoms with van der Waals surface area (Å²) in [5.41, 5.74) is 1.46. The van der Waals surface area contributed by atoms with Crippen LogP contribution in [0.3, 0.4) is 0 Å². The Hall–Kier alpha value is -5.76. The second kappa shape index (κ2) is 10.9. The zero-order valence-electron chi connectivity index (χ0n) is 23.4. The molecule has 0 spiro atoms. The topological polar surface area (TPSA) is 93.2 Å². The number of hydrogen-bond acceptors (Lipinski definition) is 6. The Balaban J connectivity index is 1.48. The molecule has 0 aliphatic carbocycles. The molecule has 4 amide bonds. The van der Waals surface area contributed by atoms with E-state index in [-0.39, 0.29) is 0 Å². The van der Waals surface area contributed by atoms with Crippen LogP contribution < -0.4 is 19.3 Å². The van der Waals surface area contributed by atoms with Crippen molar-refractivity contribution in [1.29, 1.82) is 0 Å². The summed E-state index contributed by atoms with van der Waals surface area (Å²) in [6.45, 7) is 3.99. The van der Waals surface area contributed by atoms with Crippen molar-refractivity contribution < 1.29 is 28.7 Å². The first-order chi connectivity index (χ1) is 20.7. The van der Waals surface area contributed by atoms with E-state index in [4.69, 9.17) is 9.47 Å². The van der Waals surface area contributed by atoms with E-state index >= 15 is 0 Å². The number of anilines is 2. The summed E-state index contributed by atoms with van der Waals surface area (Å²) in [6, 6.07) is 28.8. The third-order valence-electron chi connectivity index (χ3n) is 7.35. The number of hydrogen-bond donors (Lipinski definition) is 0. The highest BCUT2D eigenvalue weighted by molar-refractivity contribution is 6.28. The van der Waals surface area contributed by atoms with E-state index in [1.807, 2.05) is 86.6 Å². The number of ether oxygens (including phenoxy) is 2.